The smallest absolute Gasteiger partial charge is 0.108 e. The number of rotatable bonds is 4. The SMILES string of the molecule is Cc1oc(C)c(C(O)c2cccc(CC(C)C)c2)c1C. The second kappa shape index (κ2) is 5.84. The number of hydrogen-bond acceptors (Lipinski definition) is 2. The summed E-state index contributed by atoms with van der Waals surface area (Å²) >= 11 is 0. The van der Waals surface area contributed by atoms with Crippen molar-refractivity contribution in [3.05, 3.63) is 58.0 Å². The van der Waals surface area contributed by atoms with Crippen LogP contribution in [0.1, 0.15) is 53.7 Å². The summed E-state index contributed by atoms with van der Waals surface area (Å²) in [6.45, 7) is 10.3. The Labute approximate surface area is 121 Å². The average Bonchev–Trinajstić information content (AvgIpc) is 2.62. The Balaban J connectivity index is 2.35. The minimum Gasteiger partial charge on any atom is -0.466 e. The number of benzene rings is 1. The first kappa shape index (κ1) is 14.9. The van der Waals surface area contributed by atoms with Gasteiger partial charge >= 0.3 is 0 Å². The minimum atomic E-state index is -0.612. The molecule has 2 heteroatoms. The quantitative estimate of drug-likeness (QED) is 0.890. The van der Waals surface area contributed by atoms with Gasteiger partial charge in [0.05, 0.1) is 0 Å². The first-order chi connectivity index (χ1) is 9.40. The molecule has 2 aromatic rings. The van der Waals surface area contributed by atoms with Crippen molar-refractivity contribution in [2.24, 2.45) is 5.92 Å². The van der Waals surface area contributed by atoms with E-state index in [-0.39, 0.29) is 0 Å². The maximum Gasteiger partial charge on any atom is 0.108 e. The molecule has 2 rings (SSSR count). The van der Waals surface area contributed by atoms with E-state index in [1.54, 1.807) is 0 Å². The molecule has 1 atom stereocenters. The maximum atomic E-state index is 10.7. The van der Waals surface area contributed by atoms with Crippen molar-refractivity contribution in [3.63, 3.8) is 0 Å². The zero-order valence-electron chi connectivity index (χ0n) is 13.0. The van der Waals surface area contributed by atoms with E-state index in [4.69, 9.17) is 4.42 Å². The lowest BCUT2D eigenvalue weighted by Gasteiger charge is -2.14. The van der Waals surface area contributed by atoms with E-state index >= 15 is 0 Å². The Hall–Kier alpha value is -1.54. The van der Waals surface area contributed by atoms with Crippen LogP contribution in [0.2, 0.25) is 0 Å². The summed E-state index contributed by atoms with van der Waals surface area (Å²) in [5.74, 6) is 2.30. The second-order valence-electron chi connectivity index (χ2n) is 6.00. The molecule has 0 aliphatic heterocycles. The summed E-state index contributed by atoms with van der Waals surface area (Å²) in [6.07, 6.45) is 0.419. The van der Waals surface area contributed by atoms with Gasteiger partial charge in [0.25, 0.3) is 0 Å². The highest BCUT2D eigenvalue weighted by molar-refractivity contribution is 5.40. The van der Waals surface area contributed by atoms with Crippen LogP contribution in [0.15, 0.2) is 28.7 Å². The number of aryl methyl sites for hydroxylation is 2. The molecule has 0 aliphatic carbocycles. The molecule has 0 bridgehead atoms. The summed E-state index contributed by atoms with van der Waals surface area (Å²) in [6, 6.07) is 8.23. The van der Waals surface area contributed by atoms with Crippen LogP contribution in [0.3, 0.4) is 0 Å². The van der Waals surface area contributed by atoms with Crippen molar-refractivity contribution in [2.45, 2.75) is 47.1 Å². The number of aliphatic hydroxyl groups excluding tert-OH is 1. The van der Waals surface area contributed by atoms with Crippen LogP contribution >= 0.6 is 0 Å². The molecule has 20 heavy (non-hydrogen) atoms. The van der Waals surface area contributed by atoms with Crippen LogP contribution in [0.4, 0.5) is 0 Å². The number of furan rings is 1. The lowest BCUT2D eigenvalue weighted by molar-refractivity contribution is 0.217. The van der Waals surface area contributed by atoms with Gasteiger partial charge in [0, 0.05) is 5.56 Å². The van der Waals surface area contributed by atoms with Crippen LogP contribution in [0.25, 0.3) is 0 Å². The van der Waals surface area contributed by atoms with Gasteiger partial charge in [-0.2, -0.15) is 0 Å². The molecular weight excluding hydrogens is 248 g/mol. The zero-order chi connectivity index (χ0) is 14.9. The molecule has 0 amide bonds. The van der Waals surface area contributed by atoms with Gasteiger partial charge in [0.15, 0.2) is 0 Å². The summed E-state index contributed by atoms with van der Waals surface area (Å²) in [7, 11) is 0. The summed E-state index contributed by atoms with van der Waals surface area (Å²) < 4.78 is 5.62. The van der Waals surface area contributed by atoms with E-state index in [1.807, 2.05) is 32.9 Å². The molecule has 2 nitrogen and oxygen atoms in total. The predicted molar refractivity (Wildman–Crippen MR) is 82.0 cm³/mol. The molecule has 108 valence electrons. The molecule has 1 heterocycles. The molecule has 0 spiro atoms. The van der Waals surface area contributed by atoms with Gasteiger partial charge in [-0.3, -0.25) is 0 Å². The standard InChI is InChI=1S/C18H24O2/c1-11(2)9-15-7-6-8-16(10-15)18(19)17-12(3)13(4)20-14(17)5/h6-8,10-11,18-19H,9H2,1-5H3. The van der Waals surface area contributed by atoms with Crippen molar-refractivity contribution >= 4 is 0 Å². The molecule has 1 N–H and O–H groups in total. The minimum absolute atomic E-state index is 0.612. The van der Waals surface area contributed by atoms with E-state index in [2.05, 4.69) is 26.0 Å². The fourth-order valence-electron chi connectivity index (χ4n) is 2.74. The highest BCUT2D eigenvalue weighted by atomic mass is 16.3. The van der Waals surface area contributed by atoms with Crippen molar-refractivity contribution < 1.29 is 9.52 Å². The Bertz CT molecular complexity index is 593. The van der Waals surface area contributed by atoms with Gasteiger partial charge in [-0.25, -0.2) is 0 Å². The molecule has 1 unspecified atom stereocenters. The van der Waals surface area contributed by atoms with Crippen molar-refractivity contribution in [1.29, 1.82) is 0 Å². The van der Waals surface area contributed by atoms with Gasteiger partial charge in [-0.05, 0) is 49.8 Å². The summed E-state index contributed by atoms with van der Waals surface area (Å²) in [5, 5.41) is 10.7. The van der Waals surface area contributed by atoms with Gasteiger partial charge in [-0.1, -0.05) is 38.1 Å². The predicted octanol–water partition coefficient (Wildman–Crippen LogP) is 4.49. The van der Waals surface area contributed by atoms with Crippen LogP contribution in [-0.4, -0.2) is 5.11 Å². The molecular formula is C18H24O2. The van der Waals surface area contributed by atoms with Crippen LogP contribution in [0, 0.1) is 26.7 Å². The molecule has 0 fully saturated rings. The third-order valence-electron chi connectivity index (χ3n) is 3.80. The lowest BCUT2D eigenvalue weighted by Crippen LogP contribution is -2.03. The van der Waals surface area contributed by atoms with Crippen molar-refractivity contribution in [3.8, 4) is 0 Å². The monoisotopic (exact) mass is 272 g/mol. The molecule has 0 aliphatic rings. The fourth-order valence-corrected chi connectivity index (χ4v) is 2.74. The molecule has 0 saturated heterocycles. The first-order valence-electron chi connectivity index (χ1n) is 7.23. The Morgan fingerprint density at radius 3 is 2.35 bits per heavy atom. The van der Waals surface area contributed by atoms with Gasteiger partial charge < -0.3 is 9.52 Å². The number of aliphatic hydroxyl groups is 1. The molecule has 1 aromatic carbocycles. The summed E-state index contributed by atoms with van der Waals surface area (Å²) in [5.41, 5.74) is 4.16. The zero-order valence-corrected chi connectivity index (χ0v) is 13.0. The van der Waals surface area contributed by atoms with Crippen molar-refractivity contribution in [1.82, 2.24) is 0 Å². The van der Waals surface area contributed by atoms with Crippen LogP contribution in [-0.2, 0) is 6.42 Å². The van der Waals surface area contributed by atoms with Gasteiger partial charge in [0.1, 0.15) is 17.6 Å². The molecule has 0 saturated carbocycles. The summed E-state index contributed by atoms with van der Waals surface area (Å²) in [4.78, 5) is 0. The maximum absolute atomic E-state index is 10.7. The van der Waals surface area contributed by atoms with E-state index in [0.717, 1.165) is 34.6 Å². The molecule has 0 radical (unpaired) electrons. The Morgan fingerprint density at radius 1 is 1.10 bits per heavy atom. The highest BCUT2D eigenvalue weighted by Gasteiger charge is 2.20. The number of hydrogen-bond donors (Lipinski definition) is 1. The van der Waals surface area contributed by atoms with Crippen LogP contribution in [0.5, 0.6) is 0 Å². The van der Waals surface area contributed by atoms with E-state index in [0.29, 0.717) is 5.92 Å². The largest absolute Gasteiger partial charge is 0.466 e. The third kappa shape index (κ3) is 2.96. The van der Waals surface area contributed by atoms with E-state index in [9.17, 15) is 5.11 Å². The normalized spacial score (nSPS) is 12.9. The first-order valence-corrected chi connectivity index (χ1v) is 7.23. The average molecular weight is 272 g/mol. The van der Waals surface area contributed by atoms with Crippen LogP contribution < -0.4 is 0 Å². The highest BCUT2D eigenvalue weighted by Crippen LogP contribution is 2.31. The Kier molecular flexibility index (Phi) is 4.34. The lowest BCUT2D eigenvalue weighted by atomic mass is 9.94. The van der Waals surface area contributed by atoms with Gasteiger partial charge in [-0.15, -0.1) is 0 Å². The molecule has 1 aromatic heterocycles. The van der Waals surface area contributed by atoms with E-state index < -0.39 is 6.10 Å². The third-order valence-corrected chi connectivity index (χ3v) is 3.80. The Morgan fingerprint density at radius 2 is 1.80 bits per heavy atom. The van der Waals surface area contributed by atoms with Crippen molar-refractivity contribution in [2.75, 3.05) is 0 Å². The topological polar surface area (TPSA) is 33.4 Å². The fraction of sp³-hybridized carbons (Fsp3) is 0.444. The van der Waals surface area contributed by atoms with Gasteiger partial charge in [0.2, 0.25) is 0 Å². The van der Waals surface area contributed by atoms with E-state index in [1.165, 1.54) is 5.56 Å². The second-order valence-corrected chi connectivity index (χ2v) is 6.00.